The molecule has 3 nitrogen and oxygen atoms in total. The zero-order valence-electron chi connectivity index (χ0n) is 12.5. The molecule has 0 saturated carbocycles. The Bertz CT molecular complexity index is 447. The maximum Gasteiger partial charge on any atom is 0.230 e. The van der Waals surface area contributed by atoms with E-state index in [0.29, 0.717) is 18.1 Å². The van der Waals surface area contributed by atoms with E-state index in [9.17, 15) is 4.79 Å². The van der Waals surface area contributed by atoms with Crippen molar-refractivity contribution < 1.29 is 4.79 Å². The molecule has 2 N–H and O–H groups in total. The van der Waals surface area contributed by atoms with Gasteiger partial charge in [0, 0.05) is 6.54 Å². The first-order chi connectivity index (χ1) is 9.51. The van der Waals surface area contributed by atoms with Gasteiger partial charge in [-0.3, -0.25) is 4.79 Å². The van der Waals surface area contributed by atoms with E-state index >= 15 is 0 Å². The van der Waals surface area contributed by atoms with E-state index in [1.807, 2.05) is 37.3 Å². The van der Waals surface area contributed by atoms with Gasteiger partial charge in [0.15, 0.2) is 0 Å². The number of carbonyl (C=O) groups excluding carboxylic acids is 1. The van der Waals surface area contributed by atoms with Gasteiger partial charge in [0.1, 0.15) is 0 Å². The molecule has 0 spiro atoms. The molecule has 0 bridgehead atoms. The topological polar surface area (TPSA) is 46.3 Å². The maximum absolute atomic E-state index is 12.8. The predicted octanol–water partition coefficient (Wildman–Crippen LogP) is 2.95. The zero-order valence-corrected chi connectivity index (χ0v) is 13.3. The summed E-state index contributed by atoms with van der Waals surface area (Å²) in [4.78, 5) is 14.9. The van der Waals surface area contributed by atoms with Crippen molar-refractivity contribution in [3.05, 3.63) is 35.9 Å². The fraction of sp³-hybridized carbons (Fsp3) is 0.500. The average molecular weight is 292 g/mol. The predicted molar refractivity (Wildman–Crippen MR) is 87.7 cm³/mol. The van der Waals surface area contributed by atoms with Crippen molar-refractivity contribution in [2.45, 2.75) is 33.1 Å². The van der Waals surface area contributed by atoms with Crippen LogP contribution >= 0.6 is 12.2 Å². The minimum absolute atomic E-state index is 0.112. The second kappa shape index (κ2) is 8.00. The molecule has 0 saturated heterocycles. The second-order valence-corrected chi connectivity index (χ2v) is 5.62. The van der Waals surface area contributed by atoms with Crippen molar-refractivity contribution in [1.29, 1.82) is 0 Å². The molecule has 4 heteroatoms. The van der Waals surface area contributed by atoms with Crippen molar-refractivity contribution in [1.82, 2.24) is 4.90 Å². The minimum Gasteiger partial charge on any atom is -0.392 e. The number of likely N-dealkylation sites (N-methyl/N-ethyl adjacent to an activating group) is 1. The Morgan fingerprint density at radius 3 is 2.35 bits per heavy atom. The van der Waals surface area contributed by atoms with E-state index in [1.165, 1.54) is 0 Å². The van der Waals surface area contributed by atoms with Gasteiger partial charge in [-0.15, -0.1) is 0 Å². The summed E-state index contributed by atoms with van der Waals surface area (Å²) in [6.07, 6.45) is 0.954. The van der Waals surface area contributed by atoms with Gasteiger partial charge in [0.25, 0.3) is 0 Å². The van der Waals surface area contributed by atoms with Crippen molar-refractivity contribution in [2.24, 2.45) is 11.7 Å². The van der Waals surface area contributed by atoms with Crippen LogP contribution in [0.4, 0.5) is 0 Å². The molecule has 0 aliphatic rings. The van der Waals surface area contributed by atoms with Crippen LogP contribution < -0.4 is 5.73 Å². The number of thiocarbonyl (C=S) groups is 1. The molecule has 0 aliphatic heterocycles. The van der Waals surface area contributed by atoms with Gasteiger partial charge < -0.3 is 10.6 Å². The smallest absolute Gasteiger partial charge is 0.230 e. The Morgan fingerprint density at radius 1 is 1.30 bits per heavy atom. The van der Waals surface area contributed by atoms with E-state index in [0.717, 1.165) is 12.0 Å². The molecule has 1 rings (SSSR count). The lowest BCUT2D eigenvalue weighted by Gasteiger charge is -2.29. The van der Waals surface area contributed by atoms with Crippen molar-refractivity contribution in [3.63, 3.8) is 0 Å². The molecule has 110 valence electrons. The molecule has 1 aromatic carbocycles. The van der Waals surface area contributed by atoms with E-state index in [1.54, 1.807) is 4.90 Å². The molecular weight excluding hydrogens is 268 g/mol. The van der Waals surface area contributed by atoms with Gasteiger partial charge in [0.2, 0.25) is 5.91 Å². The maximum atomic E-state index is 12.8. The van der Waals surface area contributed by atoms with Gasteiger partial charge in [-0.25, -0.2) is 0 Å². The van der Waals surface area contributed by atoms with Crippen LogP contribution in [0.15, 0.2) is 30.3 Å². The fourth-order valence-corrected chi connectivity index (χ4v) is 2.50. The number of rotatable bonds is 7. The van der Waals surface area contributed by atoms with Crippen molar-refractivity contribution >= 4 is 23.1 Å². The van der Waals surface area contributed by atoms with Gasteiger partial charge in [-0.05, 0) is 18.4 Å². The van der Waals surface area contributed by atoms with Crippen molar-refractivity contribution in [2.75, 3.05) is 13.1 Å². The minimum atomic E-state index is -0.129. The SMILES string of the molecule is CCC(C)C(C(=O)N(CC)CC(N)=S)c1ccccc1. The third-order valence-corrected chi connectivity index (χ3v) is 3.81. The zero-order chi connectivity index (χ0) is 15.1. The highest BCUT2D eigenvalue weighted by Crippen LogP contribution is 2.29. The average Bonchev–Trinajstić information content (AvgIpc) is 2.45. The summed E-state index contributed by atoms with van der Waals surface area (Å²) in [5, 5.41) is 0. The first-order valence-electron chi connectivity index (χ1n) is 7.13. The quantitative estimate of drug-likeness (QED) is 0.786. The number of hydrogen-bond acceptors (Lipinski definition) is 2. The van der Waals surface area contributed by atoms with Crippen LogP contribution in [0.1, 0.15) is 38.7 Å². The molecule has 0 aliphatic carbocycles. The van der Waals surface area contributed by atoms with E-state index in [2.05, 4.69) is 13.8 Å². The van der Waals surface area contributed by atoms with Crippen LogP contribution in [-0.2, 0) is 4.79 Å². The first-order valence-corrected chi connectivity index (χ1v) is 7.54. The molecule has 1 aromatic rings. The second-order valence-electron chi connectivity index (χ2n) is 5.09. The Hall–Kier alpha value is -1.42. The Labute approximate surface area is 127 Å². The summed E-state index contributed by atoms with van der Waals surface area (Å²) in [5.41, 5.74) is 6.65. The number of carbonyl (C=O) groups is 1. The Balaban J connectivity index is 3.04. The third kappa shape index (κ3) is 4.30. The van der Waals surface area contributed by atoms with E-state index in [4.69, 9.17) is 18.0 Å². The lowest BCUT2D eigenvalue weighted by Crippen LogP contribution is -2.41. The molecule has 2 atom stereocenters. The summed E-state index contributed by atoms with van der Waals surface area (Å²) >= 11 is 4.94. The summed E-state index contributed by atoms with van der Waals surface area (Å²) < 4.78 is 0. The lowest BCUT2D eigenvalue weighted by atomic mass is 9.84. The summed E-state index contributed by atoms with van der Waals surface area (Å²) in [6, 6.07) is 9.95. The van der Waals surface area contributed by atoms with Crippen LogP contribution in [0, 0.1) is 5.92 Å². The number of hydrogen-bond donors (Lipinski definition) is 1. The highest BCUT2D eigenvalue weighted by atomic mass is 32.1. The number of nitrogens with two attached hydrogens (primary N) is 1. The molecule has 0 fully saturated rings. The van der Waals surface area contributed by atoms with Crippen molar-refractivity contribution in [3.8, 4) is 0 Å². The van der Waals surface area contributed by atoms with Gasteiger partial charge in [0.05, 0.1) is 17.5 Å². The fourth-order valence-electron chi connectivity index (χ4n) is 2.34. The summed E-state index contributed by atoms with van der Waals surface area (Å²) in [5.74, 6) is 0.265. The van der Waals surface area contributed by atoms with Crippen LogP contribution in [0.25, 0.3) is 0 Å². The van der Waals surface area contributed by atoms with Gasteiger partial charge in [-0.1, -0.05) is 62.8 Å². The number of nitrogens with zero attached hydrogens (tertiary/aromatic N) is 1. The number of amides is 1. The highest BCUT2D eigenvalue weighted by Gasteiger charge is 2.29. The Morgan fingerprint density at radius 2 is 1.90 bits per heavy atom. The lowest BCUT2D eigenvalue weighted by molar-refractivity contribution is -0.133. The summed E-state index contributed by atoms with van der Waals surface area (Å²) in [7, 11) is 0. The third-order valence-electron chi connectivity index (χ3n) is 3.68. The molecular formula is C16H24N2OS. The molecule has 20 heavy (non-hydrogen) atoms. The van der Waals surface area contributed by atoms with E-state index in [-0.39, 0.29) is 17.7 Å². The molecule has 1 amide bonds. The monoisotopic (exact) mass is 292 g/mol. The van der Waals surface area contributed by atoms with Crippen LogP contribution in [0.2, 0.25) is 0 Å². The molecule has 0 heterocycles. The molecule has 2 unspecified atom stereocenters. The van der Waals surface area contributed by atoms with E-state index < -0.39 is 0 Å². The van der Waals surface area contributed by atoms with Crippen LogP contribution in [-0.4, -0.2) is 28.9 Å². The highest BCUT2D eigenvalue weighted by molar-refractivity contribution is 7.80. The largest absolute Gasteiger partial charge is 0.392 e. The van der Waals surface area contributed by atoms with Crippen LogP contribution in [0.3, 0.4) is 0 Å². The molecule has 0 aromatic heterocycles. The molecule has 0 radical (unpaired) electrons. The van der Waals surface area contributed by atoms with Gasteiger partial charge >= 0.3 is 0 Å². The van der Waals surface area contributed by atoms with Crippen LogP contribution in [0.5, 0.6) is 0 Å². The standard InChI is InChI=1S/C16H24N2OS/c1-4-12(3)15(13-9-7-6-8-10-13)16(19)18(5-2)11-14(17)20/h6-10,12,15H,4-5,11H2,1-3H3,(H2,17,20). The first kappa shape index (κ1) is 16.6. The van der Waals surface area contributed by atoms with Gasteiger partial charge in [-0.2, -0.15) is 0 Å². The number of benzene rings is 1. The normalized spacial score (nSPS) is 13.6. The Kier molecular flexibility index (Phi) is 6.65. The summed E-state index contributed by atoms with van der Waals surface area (Å²) in [6.45, 7) is 7.15.